The highest BCUT2D eigenvalue weighted by molar-refractivity contribution is 5.97. The summed E-state index contributed by atoms with van der Waals surface area (Å²) in [4.78, 5) is 25.5. The standard InChI is InChI=1S/C16H21NO2/c1-5-12(2)15(18)11-13(3)17(4)16(19)14-9-7-6-8-10-14/h6-12H,5H2,1-4H3/b13-11-. The highest BCUT2D eigenvalue weighted by Gasteiger charge is 2.15. The van der Waals surface area contributed by atoms with E-state index in [1.54, 1.807) is 32.2 Å². The number of carbonyl (C=O) groups excluding carboxylic acids is 2. The zero-order chi connectivity index (χ0) is 14.4. The van der Waals surface area contributed by atoms with Crippen LogP contribution in [0.15, 0.2) is 42.1 Å². The summed E-state index contributed by atoms with van der Waals surface area (Å²) >= 11 is 0. The van der Waals surface area contributed by atoms with Gasteiger partial charge in [-0.2, -0.15) is 0 Å². The van der Waals surface area contributed by atoms with Crippen molar-refractivity contribution in [3.05, 3.63) is 47.7 Å². The normalized spacial score (nSPS) is 12.9. The Morgan fingerprint density at radius 1 is 1.26 bits per heavy atom. The Morgan fingerprint density at radius 3 is 2.37 bits per heavy atom. The van der Waals surface area contributed by atoms with E-state index < -0.39 is 0 Å². The number of hydrogen-bond donors (Lipinski definition) is 0. The second kappa shape index (κ2) is 6.88. The fourth-order valence-electron chi connectivity index (χ4n) is 1.58. The average Bonchev–Trinajstić information content (AvgIpc) is 2.45. The van der Waals surface area contributed by atoms with Crippen LogP contribution in [-0.2, 0) is 4.79 Å². The van der Waals surface area contributed by atoms with Gasteiger partial charge in [0.1, 0.15) is 0 Å². The lowest BCUT2D eigenvalue weighted by Gasteiger charge is -2.18. The predicted molar refractivity (Wildman–Crippen MR) is 76.8 cm³/mol. The first-order valence-electron chi connectivity index (χ1n) is 6.52. The largest absolute Gasteiger partial charge is 0.315 e. The summed E-state index contributed by atoms with van der Waals surface area (Å²) in [5.74, 6) is -0.0470. The molecular weight excluding hydrogens is 238 g/mol. The van der Waals surface area contributed by atoms with Crippen LogP contribution in [0.5, 0.6) is 0 Å². The molecule has 102 valence electrons. The third-order valence-electron chi connectivity index (χ3n) is 3.30. The fourth-order valence-corrected chi connectivity index (χ4v) is 1.58. The van der Waals surface area contributed by atoms with Gasteiger partial charge in [-0.05, 0) is 25.5 Å². The Morgan fingerprint density at radius 2 is 1.84 bits per heavy atom. The van der Waals surface area contributed by atoms with E-state index in [0.717, 1.165) is 6.42 Å². The zero-order valence-electron chi connectivity index (χ0n) is 12.0. The SMILES string of the molecule is CCC(C)C(=O)/C=C(/C)N(C)C(=O)c1ccccc1. The molecule has 19 heavy (non-hydrogen) atoms. The van der Waals surface area contributed by atoms with E-state index in [4.69, 9.17) is 0 Å². The lowest BCUT2D eigenvalue weighted by molar-refractivity contribution is -0.117. The molecule has 1 atom stereocenters. The van der Waals surface area contributed by atoms with Crippen molar-refractivity contribution in [1.29, 1.82) is 0 Å². The Bertz CT molecular complexity index is 477. The predicted octanol–water partition coefficient (Wildman–Crippen LogP) is 3.28. The average molecular weight is 259 g/mol. The van der Waals surface area contributed by atoms with Crippen LogP contribution in [0, 0.1) is 5.92 Å². The molecule has 0 aromatic heterocycles. The summed E-state index contributed by atoms with van der Waals surface area (Å²) in [6.07, 6.45) is 2.36. The van der Waals surface area contributed by atoms with Crippen molar-refractivity contribution in [2.24, 2.45) is 5.92 Å². The monoisotopic (exact) mass is 259 g/mol. The van der Waals surface area contributed by atoms with Crippen LogP contribution >= 0.6 is 0 Å². The summed E-state index contributed by atoms with van der Waals surface area (Å²) in [6.45, 7) is 5.65. The number of allylic oxidation sites excluding steroid dienone is 2. The molecule has 0 saturated carbocycles. The lowest BCUT2D eigenvalue weighted by Crippen LogP contribution is -2.25. The van der Waals surface area contributed by atoms with E-state index in [1.807, 2.05) is 32.0 Å². The molecule has 0 bridgehead atoms. The molecule has 1 aromatic rings. The van der Waals surface area contributed by atoms with Crippen molar-refractivity contribution in [3.63, 3.8) is 0 Å². The van der Waals surface area contributed by atoms with Gasteiger partial charge in [0.15, 0.2) is 5.78 Å². The summed E-state index contributed by atoms with van der Waals surface area (Å²) in [7, 11) is 1.69. The molecule has 0 aliphatic carbocycles. The van der Waals surface area contributed by atoms with E-state index >= 15 is 0 Å². The summed E-state index contributed by atoms with van der Waals surface area (Å²) in [5.41, 5.74) is 1.29. The van der Waals surface area contributed by atoms with Gasteiger partial charge in [0, 0.05) is 30.3 Å². The van der Waals surface area contributed by atoms with Crippen molar-refractivity contribution in [3.8, 4) is 0 Å². The second-order valence-corrected chi connectivity index (χ2v) is 4.73. The second-order valence-electron chi connectivity index (χ2n) is 4.73. The van der Waals surface area contributed by atoms with E-state index in [2.05, 4.69) is 0 Å². The minimum atomic E-state index is -0.105. The Balaban J connectivity index is 2.83. The van der Waals surface area contributed by atoms with Gasteiger partial charge >= 0.3 is 0 Å². The Labute approximate surface area is 114 Å². The molecule has 0 saturated heterocycles. The van der Waals surface area contributed by atoms with Gasteiger partial charge in [0.05, 0.1) is 0 Å². The summed E-state index contributed by atoms with van der Waals surface area (Å²) in [5, 5.41) is 0. The highest BCUT2D eigenvalue weighted by Crippen LogP contribution is 2.11. The first-order valence-corrected chi connectivity index (χ1v) is 6.52. The third-order valence-corrected chi connectivity index (χ3v) is 3.30. The summed E-state index contributed by atoms with van der Waals surface area (Å²) in [6, 6.07) is 9.05. The van der Waals surface area contributed by atoms with Gasteiger partial charge in [0.25, 0.3) is 5.91 Å². The zero-order valence-corrected chi connectivity index (χ0v) is 12.0. The topological polar surface area (TPSA) is 37.4 Å². The van der Waals surface area contributed by atoms with Crippen molar-refractivity contribution in [1.82, 2.24) is 4.90 Å². The van der Waals surface area contributed by atoms with Gasteiger partial charge in [-0.25, -0.2) is 0 Å². The van der Waals surface area contributed by atoms with Crippen LogP contribution in [-0.4, -0.2) is 23.6 Å². The molecule has 0 heterocycles. The maximum absolute atomic E-state index is 12.2. The first-order chi connectivity index (χ1) is 8.97. The number of benzene rings is 1. The van der Waals surface area contributed by atoms with Crippen LogP contribution in [0.4, 0.5) is 0 Å². The molecule has 0 N–H and O–H groups in total. The van der Waals surface area contributed by atoms with Gasteiger partial charge in [-0.15, -0.1) is 0 Å². The molecule has 0 aliphatic rings. The molecule has 3 nitrogen and oxygen atoms in total. The molecule has 3 heteroatoms. The minimum absolute atomic E-state index is 0.00447. The first kappa shape index (κ1) is 15.2. The third kappa shape index (κ3) is 4.05. The molecule has 0 spiro atoms. The van der Waals surface area contributed by atoms with Gasteiger partial charge in [0.2, 0.25) is 0 Å². The molecule has 1 aromatic carbocycles. The van der Waals surface area contributed by atoms with Crippen LogP contribution in [0.3, 0.4) is 0 Å². The number of hydrogen-bond acceptors (Lipinski definition) is 2. The minimum Gasteiger partial charge on any atom is -0.315 e. The Hall–Kier alpha value is -1.90. The molecule has 0 radical (unpaired) electrons. The number of amides is 1. The van der Waals surface area contributed by atoms with E-state index in [9.17, 15) is 9.59 Å². The number of carbonyl (C=O) groups is 2. The maximum atomic E-state index is 12.2. The van der Waals surface area contributed by atoms with E-state index in [0.29, 0.717) is 11.3 Å². The number of rotatable bonds is 5. The smallest absolute Gasteiger partial charge is 0.257 e. The quantitative estimate of drug-likeness (QED) is 0.761. The van der Waals surface area contributed by atoms with Crippen LogP contribution in [0.25, 0.3) is 0 Å². The number of ketones is 1. The van der Waals surface area contributed by atoms with Gasteiger partial charge < -0.3 is 4.90 Å². The van der Waals surface area contributed by atoms with Crippen LogP contribution in [0.1, 0.15) is 37.6 Å². The molecule has 1 amide bonds. The van der Waals surface area contributed by atoms with Crippen molar-refractivity contribution in [2.75, 3.05) is 7.05 Å². The molecule has 1 rings (SSSR count). The lowest BCUT2D eigenvalue weighted by atomic mass is 10.0. The highest BCUT2D eigenvalue weighted by atomic mass is 16.2. The summed E-state index contributed by atoms with van der Waals surface area (Å²) < 4.78 is 0. The Kier molecular flexibility index (Phi) is 5.49. The van der Waals surface area contributed by atoms with E-state index in [-0.39, 0.29) is 17.6 Å². The van der Waals surface area contributed by atoms with Crippen molar-refractivity contribution < 1.29 is 9.59 Å². The maximum Gasteiger partial charge on any atom is 0.257 e. The van der Waals surface area contributed by atoms with E-state index in [1.165, 1.54) is 4.90 Å². The van der Waals surface area contributed by atoms with Crippen molar-refractivity contribution in [2.45, 2.75) is 27.2 Å². The fraction of sp³-hybridized carbons (Fsp3) is 0.375. The number of nitrogens with zero attached hydrogens (tertiary/aromatic N) is 1. The van der Waals surface area contributed by atoms with Crippen LogP contribution < -0.4 is 0 Å². The molecule has 0 fully saturated rings. The van der Waals surface area contributed by atoms with Crippen molar-refractivity contribution >= 4 is 11.7 Å². The molecule has 0 aliphatic heterocycles. The van der Waals surface area contributed by atoms with Gasteiger partial charge in [-0.1, -0.05) is 32.0 Å². The molecule has 1 unspecified atom stereocenters. The molecular formula is C16H21NO2. The van der Waals surface area contributed by atoms with Crippen LogP contribution in [0.2, 0.25) is 0 Å². The van der Waals surface area contributed by atoms with Gasteiger partial charge in [-0.3, -0.25) is 9.59 Å².